The zero-order valence-corrected chi connectivity index (χ0v) is 19.4. The van der Waals surface area contributed by atoms with Crippen molar-refractivity contribution in [2.24, 2.45) is 22.5 Å². The van der Waals surface area contributed by atoms with Gasteiger partial charge in [-0.3, -0.25) is 4.79 Å². The van der Waals surface area contributed by atoms with Crippen LogP contribution in [0, 0.1) is 16.7 Å². The first kappa shape index (κ1) is 24.2. The van der Waals surface area contributed by atoms with E-state index in [9.17, 15) is 19.8 Å². The standard InChI is InChI=1S/C23H38N2O6/c1-7-20(4)13-14(26)23(29)21(5)10-8-9-19(2,3)16(21)15(27)17(22(23,6)31-20)30-18(28)25-12-11-24/h7,15-17,27,29H,1,8-13,24H2,2-6H3,(H,25,28)/t15-,16?,17-,20-,21-,22+,23-/m0/s1. The van der Waals surface area contributed by atoms with E-state index in [4.69, 9.17) is 15.2 Å². The van der Waals surface area contributed by atoms with E-state index >= 15 is 0 Å². The Kier molecular flexibility index (Phi) is 5.88. The number of aliphatic hydroxyl groups excluding tert-OH is 1. The van der Waals surface area contributed by atoms with E-state index in [1.165, 1.54) is 6.08 Å². The second kappa shape index (κ2) is 7.54. The first-order valence-electron chi connectivity index (χ1n) is 11.1. The summed E-state index contributed by atoms with van der Waals surface area (Å²) < 4.78 is 12.1. The number of fused-ring (bicyclic) bond motifs is 3. The average molecular weight is 439 g/mol. The van der Waals surface area contributed by atoms with Gasteiger partial charge in [-0.15, -0.1) is 6.58 Å². The van der Waals surface area contributed by atoms with Gasteiger partial charge in [0.25, 0.3) is 0 Å². The molecule has 1 aliphatic heterocycles. The Morgan fingerprint density at radius 3 is 2.55 bits per heavy atom. The number of aliphatic hydroxyl groups is 2. The maximum atomic E-state index is 13.7. The molecule has 8 heteroatoms. The highest BCUT2D eigenvalue weighted by Gasteiger charge is 2.79. The Morgan fingerprint density at radius 1 is 1.32 bits per heavy atom. The molecule has 8 nitrogen and oxygen atoms in total. The molecule has 1 heterocycles. The predicted octanol–water partition coefficient (Wildman–Crippen LogP) is 1.67. The molecule has 1 saturated heterocycles. The van der Waals surface area contributed by atoms with Crippen LogP contribution in [0.5, 0.6) is 0 Å². The first-order chi connectivity index (χ1) is 14.2. The van der Waals surface area contributed by atoms with E-state index in [0.717, 1.165) is 12.8 Å². The molecular formula is C23H38N2O6. The number of carbonyl (C=O) groups is 2. The number of amides is 1. The van der Waals surface area contributed by atoms with Crippen molar-refractivity contribution in [2.45, 2.75) is 89.3 Å². The van der Waals surface area contributed by atoms with Gasteiger partial charge in [-0.2, -0.15) is 0 Å². The van der Waals surface area contributed by atoms with Crippen molar-refractivity contribution < 1.29 is 29.3 Å². The van der Waals surface area contributed by atoms with Gasteiger partial charge in [0.1, 0.15) is 5.60 Å². The van der Waals surface area contributed by atoms with Crippen LogP contribution in [0.15, 0.2) is 12.7 Å². The molecule has 176 valence electrons. The largest absolute Gasteiger partial charge is 0.440 e. The van der Waals surface area contributed by atoms with Crippen molar-refractivity contribution in [3.05, 3.63) is 12.7 Å². The number of nitrogens with two attached hydrogens (primary N) is 1. The number of carbonyl (C=O) groups excluding carboxylic acids is 2. The van der Waals surface area contributed by atoms with Crippen LogP contribution in [0.1, 0.15) is 60.3 Å². The lowest BCUT2D eigenvalue weighted by Crippen LogP contribution is -2.85. The fraction of sp³-hybridized carbons (Fsp3) is 0.826. The second-order valence-electron chi connectivity index (χ2n) is 10.8. The number of nitrogens with one attached hydrogen (secondary N) is 1. The molecule has 0 bridgehead atoms. The van der Waals surface area contributed by atoms with Crippen molar-refractivity contribution in [3.63, 3.8) is 0 Å². The maximum Gasteiger partial charge on any atom is 0.407 e. The molecule has 0 spiro atoms. The third-order valence-electron chi connectivity index (χ3n) is 8.22. The van der Waals surface area contributed by atoms with Crippen LogP contribution in [0.3, 0.4) is 0 Å². The molecule has 0 aromatic rings. The summed E-state index contributed by atoms with van der Waals surface area (Å²) in [5, 5.41) is 26.4. The lowest BCUT2D eigenvalue weighted by Gasteiger charge is -2.70. The summed E-state index contributed by atoms with van der Waals surface area (Å²) in [5.41, 5.74) is -0.592. The first-order valence-corrected chi connectivity index (χ1v) is 11.1. The highest BCUT2D eigenvalue weighted by molar-refractivity contribution is 5.92. The number of rotatable bonds is 4. The average Bonchev–Trinajstić information content (AvgIpc) is 2.66. The number of Topliss-reactive ketones (excluding diaryl/α,β-unsaturated/α-hetero) is 1. The topological polar surface area (TPSA) is 131 Å². The highest BCUT2D eigenvalue weighted by Crippen LogP contribution is 2.66. The molecule has 1 unspecified atom stereocenters. The minimum Gasteiger partial charge on any atom is -0.440 e. The molecule has 2 aliphatic carbocycles. The summed E-state index contributed by atoms with van der Waals surface area (Å²) in [5.74, 6) is -0.864. The molecule has 5 N–H and O–H groups in total. The van der Waals surface area contributed by atoms with E-state index in [0.29, 0.717) is 6.42 Å². The van der Waals surface area contributed by atoms with Crippen LogP contribution in [-0.4, -0.2) is 64.2 Å². The molecule has 31 heavy (non-hydrogen) atoms. The summed E-state index contributed by atoms with van der Waals surface area (Å²) >= 11 is 0. The van der Waals surface area contributed by atoms with Crippen molar-refractivity contribution >= 4 is 11.9 Å². The van der Waals surface area contributed by atoms with Gasteiger partial charge in [0, 0.05) is 30.8 Å². The van der Waals surface area contributed by atoms with E-state index < -0.39 is 51.9 Å². The fourth-order valence-electron chi connectivity index (χ4n) is 6.92. The second-order valence-corrected chi connectivity index (χ2v) is 10.8. The monoisotopic (exact) mass is 438 g/mol. The summed E-state index contributed by atoms with van der Waals surface area (Å²) in [7, 11) is 0. The smallest absolute Gasteiger partial charge is 0.407 e. The van der Waals surface area contributed by atoms with Crippen LogP contribution in [-0.2, 0) is 14.3 Å². The molecular weight excluding hydrogens is 400 g/mol. The van der Waals surface area contributed by atoms with Crippen LogP contribution in [0.2, 0.25) is 0 Å². The Bertz CT molecular complexity index is 771. The molecule has 7 atom stereocenters. The molecule has 1 amide bonds. The molecule has 3 rings (SSSR count). The Balaban J connectivity index is 2.19. The van der Waals surface area contributed by atoms with Gasteiger partial charge in [0.05, 0.1) is 11.7 Å². The number of hydrogen-bond donors (Lipinski definition) is 4. The van der Waals surface area contributed by atoms with Crippen LogP contribution in [0.25, 0.3) is 0 Å². The van der Waals surface area contributed by atoms with Crippen molar-refractivity contribution in [2.75, 3.05) is 13.1 Å². The summed E-state index contributed by atoms with van der Waals surface area (Å²) in [4.78, 5) is 26.2. The zero-order chi connectivity index (χ0) is 23.5. The minimum atomic E-state index is -1.96. The number of ether oxygens (including phenoxy) is 2. The number of ketones is 1. The summed E-state index contributed by atoms with van der Waals surface area (Å²) in [6.07, 6.45) is 0.458. The lowest BCUT2D eigenvalue weighted by molar-refractivity contribution is -0.355. The van der Waals surface area contributed by atoms with E-state index in [1.807, 2.05) is 20.8 Å². The third kappa shape index (κ3) is 3.25. The van der Waals surface area contributed by atoms with Gasteiger partial charge in [-0.1, -0.05) is 33.3 Å². The van der Waals surface area contributed by atoms with Gasteiger partial charge in [-0.05, 0) is 32.1 Å². The van der Waals surface area contributed by atoms with Gasteiger partial charge in [-0.25, -0.2) is 4.79 Å². The molecule has 2 saturated carbocycles. The van der Waals surface area contributed by atoms with Gasteiger partial charge in [0.2, 0.25) is 0 Å². The minimum absolute atomic E-state index is 0.0481. The van der Waals surface area contributed by atoms with E-state index in [2.05, 4.69) is 11.9 Å². The quantitative estimate of drug-likeness (QED) is 0.491. The Labute approximate surface area is 184 Å². The number of alkyl carbamates (subject to hydrolysis) is 1. The normalized spacial score (nSPS) is 46.5. The Morgan fingerprint density at radius 2 is 1.97 bits per heavy atom. The molecule has 0 aromatic carbocycles. The Hall–Kier alpha value is -1.48. The van der Waals surface area contributed by atoms with Crippen LogP contribution in [0.4, 0.5) is 4.79 Å². The summed E-state index contributed by atoms with van der Waals surface area (Å²) in [6, 6.07) is 0. The highest BCUT2D eigenvalue weighted by atomic mass is 16.6. The van der Waals surface area contributed by atoms with Crippen molar-refractivity contribution in [1.29, 1.82) is 0 Å². The molecule has 3 fully saturated rings. The predicted molar refractivity (Wildman–Crippen MR) is 115 cm³/mol. The maximum absolute atomic E-state index is 13.7. The molecule has 3 aliphatic rings. The van der Waals surface area contributed by atoms with Gasteiger partial charge < -0.3 is 30.7 Å². The van der Waals surface area contributed by atoms with Crippen LogP contribution < -0.4 is 11.1 Å². The fourth-order valence-corrected chi connectivity index (χ4v) is 6.92. The number of hydrogen-bond acceptors (Lipinski definition) is 7. The van der Waals surface area contributed by atoms with E-state index in [1.54, 1.807) is 13.8 Å². The van der Waals surface area contributed by atoms with Crippen molar-refractivity contribution in [1.82, 2.24) is 5.32 Å². The SMILES string of the molecule is C=C[C@@]1(C)CC(=O)[C@]2(O)[C@@]3(C)CCCC(C)(C)C3[C@H](O)[C@H](OC(=O)NCCN)[C@@]2(C)O1. The zero-order valence-electron chi connectivity index (χ0n) is 19.4. The third-order valence-corrected chi connectivity index (χ3v) is 8.22. The lowest BCUT2D eigenvalue weighted by atomic mass is 9.40. The van der Waals surface area contributed by atoms with Crippen molar-refractivity contribution in [3.8, 4) is 0 Å². The molecule has 0 radical (unpaired) electrons. The van der Waals surface area contributed by atoms with E-state index in [-0.39, 0.29) is 25.3 Å². The van der Waals surface area contributed by atoms with Crippen LogP contribution >= 0.6 is 0 Å². The van der Waals surface area contributed by atoms with Gasteiger partial charge >= 0.3 is 6.09 Å². The molecule has 0 aromatic heterocycles. The summed E-state index contributed by atoms with van der Waals surface area (Å²) in [6.45, 7) is 13.4. The van der Waals surface area contributed by atoms with Gasteiger partial charge in [0.15, 0.2) is 17.5 Å².